The van der Waals surface area contributed by atoms with E-state index in [1.54, 1.807) is 18.2 Å². The molecule has 0 aliphatic rings. The van der Waals surface area contributed by atoms with Crippen LogP contribution < -0.4 is 15.6 Å². The van der Waals surface area contributed by atoms with Gasteiger partial charge in [-0.15, -0.1) is 0 Å². The minimum atomic E-state index is -0.483. The van der Waals surface area contributed by atoms with Gasteiger partial charge in [-0.25, -0.2) is 4.39 Å². The van der Waals surface area contributed by atoms with Crippen molar-refractivity contribution in [2.45, 2.75) is 39.7 Å². The third kappa shape index (κ3) is 5.02. The molecule has 0 unspecified atom stereocenters. The Labute approximate surface area is 168 Å². The largest absolute Gasteiger partial charge is 0.491 e. The van der Waals surface area contributed by atoms with E-state index in [0.717, 1.165) is 35.8 Å². The summed E-state index contributed by atoms with van der Waals surface area (Å²) in [5.74, 6) is -0.175. The van der Waals surface area contributed by atoms with Gasteiger partial charge in [-0.3, -0.25) is 9.59 Å². The summed E-state index contributed by atoms with van der Waals surface area (Å²) < 4.78 is 18.9. The van der Waals surface area contributed by atoms with E-state index < -0.39 is 11.5 Å². The van der Waals surface area contributed by atoms with Crippen LogP contribution >= 0.6 is 0 Å². The number of rotatable bonds is 8. The predicted molar refractivity (Wildman–Crippen MR) is 112 cm³/mol. The van der Waals surface area contributed by atoms with E-state index in [1.165, 1.54) is 12.1 Å². The molecular formula is C23H25FN2O3. The highest BCUT2D eigenvalue weighted by Gasteiger charge is 2.15. The van der Waals surface area contributed by atoms with Crippen LogP contribution in [-0.4, -0.2) is 17.5 Å². The smallest absolute Gasteiger partial charge is 0.261 e. The Hall–Kier alpha value is -3.15. The number of hydrogen-bond donors (Lipinski definition) is 2. The summed E-state index contributed by atoms with van der Waals surface area (Å²) in [7, 11) is 0. The van der Waals surface area contributed by atoms with Gasteiger partial charge in [0.15, 0.2) is 0 Å². The van der Waals surface area contributed by atoms with Gasteiger partial charge in [0.25, 0.3) is 11.5 Å². The molecule has 1 amide bonds. The lowest BCUT2D eigenvalue weighted by molar-refractivity contribution is 0.0949. The number of halogens is 1. The third-order valence-electron chi connectivity index (χ3n) is 4.78. The fraction of sp³-hybridized carbons (Fsp3) is 0.304. The molecule has 29 heavy (non-hydrogen) atoms. The number of hydrogen-bond acceptors (Lipinski definition) is 3. The van der Waals surface area contributed by atoms with Crippen molar-refractivity contribution in [1.82, 2.24) is 10.3 Å². The maximum absolute atomic E-state index is 13.0. The van der Waals surface area contributed by atoms with E-state index in [1.807, 2.05) is 19.1 Å². The summed E-state index contributed by atoms with van der Waals surface area (Å²) in [6, 6.07) is 11.2. The lowest BCUT2D eigenvalue weighted by atomic mass is 10.1. The summed E-state index contributed by atoms with van der Waals surface area (Å²) >= 11 is 0. The lowest BCUT2D eigenvalue weighted by Crippen LogP contribution is -2.29. The standard InChI is InChI=1S/C23H25FN2O3/c1-3-4-5-12-29-21-15(2)6-9-17-13-19(23(28)26-20(17)21)22(27)25-14-16-7-10-18(24)11-8-16/h6-11,13H,3-5,12,14H2,1-2H3,(H,25,27)(H,26,28). The summed E-state index contributed by atoms with van der Waals surface area (Å²) in [6.07, 6.45) is 3.13. The van der Waals surface area contributed by atoms with Crippen LogP contribution in [0.2, 0.25) is 0 Å². The average Bonchev–Trinajstić information content (AvgIpc) is 2.71. The van der Waals surface area contributed by atoms with Crippen LogP contribution in [-0.2, 0) is 6.54 Å². The highest BCUT2D eigenvalue weighted by molar-refractivity contribution is 5.98. The molecule has 0 aliphatic carbocycles. The quantitative estimate of drug-likeness (QED) is 0.552. The fourth-order valence-electron chi connectivity index (χ4n) is 3.11. The molecule has 2 aromatic carbocycles. The molecule has 2 N–H and O–H groups in total. The molecule has 3 rings (SSSR count). The molecule has 3 aromatic rings. The average molecular weight is 396 g/mol. The maximum Gasteiger partial charge on any atom is 0.261 e. The first-order valence-corrected chi connectivity index (χ1v) is 9.81. The van der Waals surface area contributed by atoms with Gasteiger partial charge >= 0.3 is 0 Å². The minimum absolute atomic E-state index is 0.0281. The topological polar surface area (TPSA) is 71.2 Å². The van der Waals surface area contributed by atoms with Gasteiger partial charge in [-0.2, -0.15) is 0 Å². The molecule has 6 heteroatoms. The van der Waals surface area contributed by atoms with Crippen molar-refractivity contribution in [1.29, 1.82) is 0 Å². The number of nitrogens with one attached hydrogen (secondary N) is 2. The fourth-order valence-corrected chi connectivity index (χ4v) is 3.11. The molecule has 0 saturated carbocycles. The Morgan fingerprint density at radius 2 is 1.90 bits per heavy atom. The van der Waals surface area contributed by atoms with Crippen molar-refractivity contribution >= 4 is 16.8 Å². The summed E-state index contributed by atoms with van der Waals surface area (Å²) in [4.78, 5) is 27.9. The van der Waals surface area contributed by atoms with Crippen LogP contribution in [0.25, 0.3) is 10.9 Å². The monoisotopic (exact) mass is 396 g/mol. The number of unbranched alkanes of at least 4 members (excludes halogenated alkanes) is 2. The van der Waals surface area contributed by atoms with E-state index in [-0.39, 0.29) is 17.9 Å². The summed E-state index contributed by atoms with van der Waals surface area (Å²) in [6.45, 7) is 4.84. The zero-order valence-electron chi connectivity index (χ0n) is 16.7. The molecule has 5 nitrogen and oxygen atoms in total. The van der Waals surface area contributed by atoms with Gasteiger partial charge in [0, 0.05) is 11.9 Å². The normalized spacial score (nSPS) is 10.9. The van der Waals surface area contributed by atoms with Crippen LogP contribution in [0.3, 0.4) is 0 Å². The minimum Gasteiger partial charge on any atom is -0.491 e. The molecule has 0 radical (unpaired) electrons. The lowest BCUT2D eigenvalue weighted by Gasteiger charge is -2.13. The second-order valence-electron chi connectivity index (χ2n) is 7.05. The molecule has 1 heterocycles. The number of aryl methyl sites for hydroxylation is 1. The molecule has 0 spiro atoms. The first-order valence-electron chi connectivity index (χ1n) is 9.81. The second kappa shape index (κ2) is 9.37. The van der Waals surface area contributed by atoms with Gasteiger partial charge in [0.05, 0.1) is 12.1 Å². The number of ether oxygens (including phenoxy) is 1. The zero-order valence-corrected chi connectivity index (χ0v) is 16.7. The van der Waals surface area contributed by atoms with E-state index in [2.05, 4.69) is 17.2 Å². The van der Waals surface area contributed by atoms with Crippen LogP contribution in [0.15, 0.2) is 47.3 Å². The number of aromatic nitrogens is 1. The van der Waals surface area contributed by atoms with Crippen LogP contribution in [0.4, 0.5) is 4.39 Å². The van der Waals surface area contributed by atoms with Crippen molar-refractivity contribution in [3.63, 3.8) is 0 Å². The highest BCUT2D eigenvalue weighted by atomic mass is 19.1. The van der Waals surface area contributed by atoms with Crippen molar-refractivity contribution in [2.75, 3.05) is 6.61 Å². The molecular weight excluding hydrogens is 371 g/mol. The van der Waals surface area contributed by atoms with E-state index >= 15 is 0 Å². The molecule has 1 aromatic heterocycles. The van der Waals surface area contributed by atoms with Gasteiger partial charge in [-0.05, 0) is 42.7 Å². The Morgan fingerprint density at radius 3 is 2.62 bits per heavy atom. The molecule has 152 valence electrons. The summed E-state index contributed by atoms with van der Waals surface area (Å²) in [5, 5.41) is 3.43. The summed E-state index contributed by atoms with van der Waals surface area (Å²) in [5.41, 5.74) is 1.83. The van der Waals surface area contributed by atoms with Crippen LogP contribution in [0.5, 0.6) is 5.75 Å². The number of carbonyl (C=O) groups is 1. The molecule has 0 atom stereocenters. The van der Waals surface area contributed by atoms with E-state index in [9.17, 15) is 14.0 Å². The number of carbonyl (C=O) groups excluding carboxylic acids is 1. The van der Waals surface area contributed by atoms with Crippen LogP contribution in [0, 0.1) is 12.7 Å². The number of pyridine rings is 1. The molecule has 0 aliphatic heterocycles. The van der Waals surface area contributed by atoms with E-state index in [0.29, 0.717) is 17.9 Å². The zero-order chi connectivity index (χ0) is 20.8. The number of amides is 1. The predicted octanol–water partition coefficient (Wildman–Crippen LogP) is 4.47. The van der Waals surface area contributed by atoms with Crippen LogP contribution in [0.1, 0.15) is 47.7 Å². The van der Waals surface area contributed by atoms with Gasteiger partial charge in [0.2, 0.25) is 0 Å². The Kier molecular flexibility index (Phi) is 6.65. The van der Waals surface area contributed by atoms with Gasteiger partial charge in [-0.1, -0.05) is 44.0 Å². The number of H-pyrrole nitrogens is 1. The van der Waals surface area contributed by atoms with Gasteiger partial charge in [0.1, 0.15) is 17.1 Å². The molecule has 0 fully saturated rings. The Bertz CT molecular complexity index is 1060. The number of fused-ring (bicyclic) bond motifs is 1. The third-order valence-corrected chi connectivity index (χ3v) is 4.78. The Morgan fingerprint density at radius 1 is 1.14 bits per heavy atom. The second-order valence-corrected chi connectivity index (χ2v) is 7.05. The molecule has 0 bridgehead atoms. The number of aromatic amines is 1. The van der Waals surface area contributed by atoms with Crippen molar-refractivity contribution in [2.24, 2.45) is 0 Å². The first kappa shape index (κ1) is 20.6. The SMILES string of the molecule is CCCCCOc1c(C)ccc2cc(C(=O)NCc3ccc(F)cc3)c(=O)[nH]c12. The first-order chi connectivity index (χ1) is 14.0. The Balaban J connectivity index is 1.81. The highest BCUT2D eigenvalue weighted by Crippen LogP contribution is 2.27. The van der Waals surface area contributed by atoms with E-state index in [4.69, 9.17) is 4.74 Å². The maximum atomic E-state index is 13.0. The van der Waals surface area contributed by atoms with Crippen molar-refractivity contribution < 1.29 is 13.9 Å². The van der Waals surface area contributed by atoms with Crippen molar-refractivity contribution in [3.8, 4) is 5.75 Å². The number of benzene rings is 2. The van der Waals surface area contributed by atoms with Gasteiger partial charge < -0.3 is 15.0 Å². The molecule has 0 saturated heterocycles. The van der Waals surface area contributed by atoms with Crippen molar-refractivity contribution in [3.05, 3.63) is 75.3 Å².